The van der Waals surface area contributed by atoms with E-state index < -0.39 is 0 Å². The fourth-order valence-electron chi connectivity index (χ4n) is 2.55. The minimum Gasteiger partial charge on any atom is -0.256 e. The van der Waals surface area contributed by atoms with Crippen LogP contribution in [0.3, 0.4) is 0 Å². The van der Waals surface area contributed by atoms with Gasteiger partial charge in [-0.05, 0) is 48.7 Å². The highest BCUT2D eigenvalue weighted by atomic mass is 19.1. The maximum atomic E-state index is 13.2. The van der Waals surface area contributed by atoms with Crippen molar-refractivity contribution >= 4 is 16.5 Å². The van der Waals surface area contributed by atoms with Crippen LogP contribution < -0.4 is 0 Å². The van der Waals surface area contributed by atoms with Crippen molar-refractivity contribution in [3.8, 4) is 11.1 Å². The lowest BCUT2D eigenvalue weighted by atomic mass is 9.93. The van der Waals surface area contributed by atoms with Crippen LogP contribution in [0.5, 0.6) is 0 Å². The molecule has 0 saturated heterocycles. The standard InChI is InChI=1S/C19H16FN/c1-12(2)17-11-21-18-10-13(3)4-9-16(18)19(17)14-5-7-15(20)8-6-14/h4-11H,1H2,2-3H3. The van der Waals surface area contributed by atoms with Crippen molar-refractivity contribution in [2.75, 3.05) is 0 Å². The van der Waals surface area contributed by atoms with Gasteiger partial charge in [0.15, 0.2) is 0 Å². The summed E-state index contributed by atoms with van der Waals surface area (Å²) in [4.78, 5) is 4.53. The van der Waals surface area contributed by atoms with Gasteiger partial charge in [-0.3, -0.25) is 4.98 Å². The zero-order valence-corrected chi connectivity index (χ0v) is 12.2. The zero-order chi connectivity index (χ0) is 15.0. The summed E-state index contributed by atoms with van der Waals surface area (Å²) >= 11 is 0. The Hall–Kier alpha value is -2.48. The van der Waals surface area contributed by atoms with Gasteiger partial charge in [-0.15, -0.1) is 0 Å². The quantitative estimate of drug-likeness (QED) is 0.612. The Morgan fingerprint density at radius 1 is 1.10 bits per heavy atom. The van der Waals surface area contributed by atoms with Crippen LogP contribution in [0.2, 0.25) is 0 Å². The van der Waals surface area contributed by atoms with Crippen LogP contribution in [-0.2, 0) is 0 Å². The van der Waals surface area contributed by atoms with Crippen LogP contribution in [0.15, 0.2) is 55.2 Å². The minimum atomic E-state index is -0.232. The molecule has 0 saturated carbocycles. The summed E-state index contributed by atoms with van der Waals surface area (Å²) in [6, 6.07) is 12.8. The number of hydrogen-bond acceptors (Lipinski definition) is 1. The van der Waals surface area contributed by atoms with Crippen LogP contribution in [0, 0.1) is 12.7 Å². The van der Waals surface area contributed by atoms with Crippen molar-refractivity contribution in [3.05, 3.63) is 72.2 Å². The van der Waals surface area contributed by atoms with Crippen LogP contribution >= 0.6 is 0 Å². The fraction of sp³-hybridized carbons (Fsp3) is 0.105. The first-order valence-corrected chi connectivity index (χ1v) is 6.87. The number of nitrogens with zero attached hydrogens (tertiary/aromatic N) is 1. The topological polar surface area (TPSA) is 12.9 Å². The van der Waals surface area contributed by atoms with E-state index in [1.54, 1.807) is 12.1 Å². The molecule has 0 amide bonds. The van der Waals surface area contributed by atoms with E-state index in [4.69, 9.17) is 0 Å². The van der Waals surface area contributed by atoms with Gasteiger partial charge >= 0.3 is 0 Å². The van der Waals surface area contributed by atoms with E-state index in [0.717, 1.165) is 33.2 Å². The maximum Gasteiger partial charge on any atom is 0.123 e. The largest absolute Gasteiger partial charge is 0.256 e. The maximum absolute atomic E-state index is 13.2. The summed E-state index contributed by atoms with van der Waals surface area (Å²) in [7, 11) is 0. The van der Waals surface area contributed by atoms with Crippen molar-refractivity contribution in [1.29, 1.82) is 0 Å². The predicted octanol–water partition coefficient (Wildman–Crippen LogP) is 5.38. The molecule has 0 bridgehead atoms. The first-order chi connectivity index (χ1) is 10.1. The summed E-state index contributed by atoms with van der Waals surface area (Å²) in [5, 5.41) is 1.06. The molecule has 0 atom stereocenters. The van der Waals surface area contributed by atoms with Gasteiger partial charge in [-0.25, -0.2) is 4.39 Å². The van der Waals surface area contributed by atoms with Crippen LogP contribution in [0.4, 0.5) is 4.39 Å². The van der Waals surface area contributed by atoms with Gasteiger partial charge in [0.1, 0.15) is 5.82 Å². The molecule has 0 fully saturated rings. The molecule has 3 rings (SSSR count). The van der Waals surface area contributed by atoms with E-state index in [2.05, 4.69) is 29.8 Å². The van der Waals surface area contributed by atoms with Crippen molar-refractivity contribution in [3.63, 3.8) is 0 Å². The Labute approximate surface area is 123 Å². The normalized spacial score (nSPS) is 10.8. The van der Waals surface area contributed by atoms with Gasteiger partial charge in [0.05, 0.1) is 5.52 Å². The monoisotopic (exact) mass is 277 g/mol. The van der Waals surface area contributed by atoms with E-state index in [0.29, 0.717) is 0 Å². The Bertz CT molecular complexity index is 832. The zero-order valence-electron chi connectivity index (χ0n) is 12.2. The third kappa shape index (κ3) is 2.45. The molecule has 0 spiro atoms. The molecule has 1 heterocycles. The summed E-state index contributed by atoms with van der Waals surface area (Å²) in [6.45, 7) is 8.05. The molecule has 3 aromatic rings. The summed E-state index contributed by atoms with van der Waals surface area (Å²) in [6.07, 6.45) is 1.85. The number of allylic oxidation sites excluding steroid dienone is 1. The second kappa shape index (κ2) is 5.13. The SMILES string of the molecule is C=C(C)c1cnc2cc(C)ccc2c1-c1ccc(F)cc1. The second-order valence-electron chi connectivity index (χ2n) is 5.35. The molecule has 0 radical (unpaired) electrons. The van der Waals surface area contributed by atoms with Crippen LogP contribution in [-0.4, -0.2) is 4.98 Å². The van der Waals surface area contributed by atoms with Gasteiger partial charge in [0, 0.05) is 22.7 Å². The van der Waals surface area contributed by atoms with Crippen LogP contribution in [0.1, 0.15) is 18.1 Å². The third-order valence-electron chi connectivity index (χ3n) is 3.62. The summed E-state index contributed by atoms with van der Waals surface area (Å²) in [5.74, 6) is -0.232. The molecule has 0 unspecified atom stereocenters. The molecule has 0 N–H and O–H groups in total. The number of rotatable bonds is 2. The van der Waals surface area contributed by atoms with E-state index in [1.807, 2.05) is 20.0 Å². The van der Waals surface area contributed by atoms with Gasteiger partial charge in [-0.2, -0.15) is 0 Å². The highest BCUT2D eigenvalue weighted by molar-refractivity contribution is 5.99. The molecule has 21 heavy (non-hydrogen) atoms. The molecule has 0 aliphatic rings. The Morgan fingerprint density at radius 2 is 1.81 bits per heavy atom. The number of aromatic nitrogens is 1. The van der Waals surface area contributed by atoms with Gasteiger partial charge in [0.2, 0.25) is 0 Å². The lowest BCUT2D eigenvalue weighted by Gasteiger charge is -2.13. The van der Waals surface area contributed by atoms with Crippen molar-refractivity contribution < 1.29 is 4.39 Å². The lowest BCUT2D eigenvalue weighted by molar-refractivity contribution is 0.628. The highest BCUT2D eigenvalue weighted by Gasteiger charge is 2.12. The Kier molecular flexibility index (Phi) is 3.30. The summed E-state index contributed by atoms with van der Waals surface area (Å²) in [5.41, 5.74) is 6.10. The number of hydrogen-bond donors (Lipinski definition) is 0. The lowest BCUT2D eigenvalue weighted by Crippen LogP contribution is -1.92. The third-order valence-corrected chi connectivity index (χ3v) is 3.62. The molecule has 1 nitrogen and oxygen atoms in total. The van der Waals surface area contributed by atoms with Crippen LogP contribution in [0.25, 0.3) is 27.6 Å². The Balaban J connectivity index is 2.38. The molecule has 104 valence electrons. The number of fused-ring (bicyclic) bond motifs is 1. The Morgan fingerprint density at radius 3 is 2.48 bits per heavy atom. The van der Waals surface area contributed by atoms with Gasteiger partial charge in [-0.1, -0.05) is 30.8 Å². The minimum absolute atomic E-state index is 0.232. The molecule has 0 aliphatic carbocycles. The fourth-order valence-corrected chi connectivity index (χ4v) is 2.55. The van der Waals surface area contributed by atoms with E-state index >= 15 is 0 Å². The van der Waals surface area contributed by atoms with Gasteiger partial charge in [0.25, 0.3) is 0 Å². The number of pyridine rings is 1. The average Bonchev–Trinajstić information content (AvgIpc) is 2.46. The molecule has 2 heteroatoms. The highest BCUT2D eigenvalue weighted by Crippen LogP contribution is 2.34. The van der Waals surface area contributed by atoms with E-state index in [-0.39, 0.29) is 5.82 Å². The molecular formula is C19H16FN. The molecule has 0 aliphatic heterocycles. The molecular weight excluding hydrogens is 261 g/mol. The predicted molar refractivity (Wildman–Crippen MR) is 86.6 cm³/mol. The molecule has 1 aromatic heterocycles. The first-order valence-electron chi connectivity index (χ1n) is 6.87. The van der Waals surface area contributed by atoms with Crippen molar-refractivity contribution in [2.24, 2.45) is 0 Å². The van der Waals surface area contributed by atoms with E-state index in [1.165, 1.54) is 17.7 Å². The average molecular weight is 277 g/mol. The summed E-state index contributed by atoms with van der Waals surface area (Å²) < 4.78 is 13.2. The number of halogens is 1. The van der Waals surface area contributed by atoms with Crippen molar-refractivity contribution in [1.82, 2.24) is 4.98 Å². The smallest absolute Gasteiger partial charge is 0.123 e. The number of benzene rings is 2. The molecule has 2 aromatic carbocycles. The van der Waals surface area contributed by atoms with Crippen molar-refractivity contribution in [2.45, 2.75) is 13.8 Å². The number of aryl methyl sites for hydroxylation is 1. The second-order valence-corrected chi connectivity index (χ2v) is 5.35. The first kappa shape index (κ1) is 13.5. The van der Waals surface area contributed by atoms with E-state index in [9.17, 15) is 4.39 Å². The van der Waals surface area contributed by atoms with Gasteiger partial charge < -0.3 is 0 Å².